The van der Waals surface area contributed by atoms with Crippen molar-refractivity contribution in [2.45, 2.75) is 13.5 Å². The third-order valence-corrected chi connectivity index (χ3v) is 4.38. The van der Waals surface area contributed by atoms with E-state index < -0.39 is 0 Å². The maximum Gasteiger partial charge on any atom is 0.409 e. The van der Waals surface area contributed by atoms with Gasteiger partial charge in [0.05, 0.1) is 19.0 Å². The van der Waals surface area contributed by atoms with E-state index in [4.69, 9.17) is 4.74 Å². The van der Waals surface area contributed by atoms with Crippen molar-refractivity contribution in [2.75, 3.05) is 38.1 Å². The molecule has 2 amide bonds. The molecule has 1 aromatic carbocycles. The summed E-state index contributed by atoms with van der Waals surface area (Å²) in [5.74, 6) is -0.0830. The minimum absolute atomic E-state index is 0.223. The zero-order valence-corrected chi connectivity index (χ0v) is 15.6. The maximum absolute atomic E-state index is 13.6. The van der Waals surface area contributed by atoms with Crippen molar-refractivity contribution >= 4 is 17.8 Å². The van der Waals surface area contributed by atoms with E-state index in [1.54, 1.807) is 34.9 Å². The fraction of sp³-hybridized carbons (Fsp3) is 0.368. The number of benzene rings is 1. The van der Waals surface area contributed by atoms with Gasteiger partial charge in [0.15, 0.2) is 0 Å². The highest BCUT2D eigenvalue weighted by molar-refractivity contribution is 5.92. The summed E-state index contributed by atoms with van der Waals surface area (Å²) in [6.07, 6.45) is 2.48. The predicted octanol–water partition coefficient (Wildman–Crippen LogP) is 2.14. The zero-order chi connectivity index (χ0) is 19.9. The van der Waals surface area contributed by atoms with Crippen LogP contribution in [0.1, 0.15) is 23.0 Å². The number of halogens is 1. The number of carbonyl (C=O) groups is 2. The average molecular weight is 387 g/mol. The van der Waals surface area contributed by atoms with E-state index in [9.17, 15) is 14.0 Å². The van der Waals surface area contributed by atoms with Crippen molar-refractivity contribution in [3.63, 3.8) is 0 Å². The van der Waals surface area contributed by atoms with Gasteiger partial charge in [-0.2, -0.15) is 0 Å². The van der Waals surface area contributed by atoms with Crippen LogP contribution in [0.15, 0.2) is 36.7 Å². The molecule has 3 rings (SSSR count). The molecule has 9 heteroatoms. The average Bonchev–Trinajstić information content (AvgIpc) is 2.73. The monoisotopic (exact) mass is 387 g/mol. The Morgan fingerprint density at radius 1 is 1.11 bits per heavy atom. The van der Waals surface area contributed by atoms with Crippen LogP contribution in [-0.4, -0.2) is 64.6 Å². The molecular weight excluding hydrogens is 365 g/mol. The Balaban J connectivity index is 1.53. The molecule has 1 fully saturated rings. The largest absolute Gasteiger partial charge is 0.450 e. The van der Waals surface area contributed by atoms with Crippen LogP contribution in [0.4, 0.5) is 15.0 Å². The second kappa shape index (κ2) is 9.12. The van der Waals surface area contributed by atoms with Gasteiger partial charge >= 0.3 is 6.09 Å². The highest BCUT2D eigenvalue weighted by Crippen LogP contribution is 2.11. The highest BCUT2D eigenvalue weighted by Gasteiger charge is 2.26. The summed E-state index contributed by atoms with van der Waals surface area (Å²) >= 11 is 0. The SMILES string of the molecule is CCOC(=O)N1CCN(C(=O)c2cnc(NCc3ccccc3F)cn2)CC1. The summed E-state index contributed by atoms with van der Waals surface area (Å²) in [7, 11) is 0. The summed E-state index contributed by atoms with van der Waals surface area (Å²) in [5, 5.41) is 2.98. The fourth-order valence-corrected chi connectivity index (χ4v) is 2.83. The molecule has 0 atom stereocenters. The highest BCUT2D eigenvalue weighted by atomic mass is 19.1. The first kappa shape index (κ1) is 19.5. The first-order valence-corrected chi connectivity index (χ1v) is 9.08. The molecule has 1 saturated heterocycles. The third-order valence-electron chi connectivity index (χ3n) is 4.38. The number of piperazine rings is 1. The number of carbonyl (C=O) groups excluding carboxylic acids is 2. The topological polar surface area (TPSA) is 87.7 Å². The second-order valence-electron chi connectivity index (χ2n) is 6.21. The summed E-state index contributed by atoms with van der Waals surface area (Å²) < 4.78 is 18.6. The molecule has 148 valence electrons. The molecule has 1 aliphatic rings. The van der Waals surface area contributed by atoms with E-state index in [1.807, 2.05) is 0 Å². The molecule has 0 radical (unpaired) electrons. The molecule has 0 aliphatic carbocycles. The van der Waals surface area contributed by atoms with E-state index in [1.165, 1.54) is 18.5 Å². The van der Waals surface area contributed by atoms with Crippen LogP contribution in [0, 0.1) is 5.82 Å². The van der Waals surface area contributed by atoms with Crippen LogP contribution in [0.3, 0.4) is 0 Å². The smallest absolute Gasteiger partial charge is 0.409 e. The van der Waals surface area contributed by atoms with Crippen molar-refractivity contribution < 1.29 is 18.7 Å². The molecule has 1 aliphatic heterocycles. The number of anilines is 1. The van der Waals surface area contributed by atoms with E-state index in [0.29, 0.717) is 44.2 Å². The number of nitrogens with one attached hydrogen (secondary N) is 1. The van der Waals surface area contributed by atoms with E-state index in [0.717, 1.165) is 0 Å². The van der Waals surface area contributed by atoms with E-state index >= 15 is 0 Å². The van der Waals surface area contributed by atoms with Crippen LogP contribution in [0.5, 0.6) is 0 Å². The molecule has 2 heterocycles. The quantitative estimate of drug-likeness (QED) is 0.846. The van der Waals surface area contributed by atoms with Crippen molar-refractivity contribution in [2.24, 2.45) is 0 Å². The molecular formula is C19H22FN5O3. The number of amides is 2. The first-order valence-electron chi connectivity index (χ1n) is 9.08. The lowest BCUT2D eigenvalue weighted by atomic mass is 10.2. The number of hydrogen-bond donors (Lipinski definition) is 1. The number of rotatable bonds is 5. The molecule has 0 spiro atoms. The van der Waals surface area contributed by atoms with Crippen LogP contribution in [0.25, 0.3) is 0 Å². The van der Waals surface area contributed by atoms with E-state index in [-0.39, 0.29) is 30.1 Å². The first-order chi connectivity index (χ1) is 13.6. The molecule has 0 bridgehead atoms. The van der Waals surface area contributed by atoms with Gasteiger partial charge in [0.25, 0.3) is 5.91 Å². The number of hydrogen-bond acceptors (Lipinski definition) is 6. The fourth-order valence-electron chi connectivity index (χ4n) is 2.83. The van der Waals surface area contributed by atoms with Gasteiger partial charge in [-0.05, 0) is 13.0 Å². The van der Waals surface area contributed by atoms with Gasteiger partial charge in [-0.1, -0.05) is 18.2 Å². The summed E-state index contributed by atoms with van der Waals surface area (Å²) in [5.41, 5.74) is 0.741. The summed E-state index contributed by atoms with van der Waals surface area (Å²) in [4.78, 5) is 35.8. The molecule has 0 saturated carbocycles. The molecule has 1 aromatic heterocycles. The Hall–Kier alpha value is -3.23. The lowest BCUT2D eigenvalue weighted by Gasteiger charge is -2.33. The Labute approximate surface area is 162 Å². The van der Waals surface area contributed by atoms with Gasteiger partial charge in [0.2, 0.25) is 0 Å². The van der Waals surface area contributed by atoms with Crippen molar-refractivity contribution in [3.8, 4) is 0 Å². The van der Waals surface area contributed by atoms with Gasteiger partial charge in [-0.15, -0.1) is 0 Å². The molecule has 8 nitrogen and oxygen atoms in total. The summed E-state index contributed by atoms with van der Waals surface area (Å²) in [6.45, 7) is 4.00. The van der Waals surface area contributed by atoms with Crippen LogP contribution in [-0.2, 0) is 11.3 Å². The second-order valence-corrected chi connectivity index (χ2v) is 6.21. The Kier molecular flexibility index (Phi) is 6.36. The third kappa shape index (κ3) is 4.73. The van der Waals surface area contributed by atoms with Crippen molar-refractivity contribution in [1.29, 1.82) is 0 Å². The number of nitrogens with zero attached hydrogens (tertiary/aromatic N) is 4. The van der Waals surface area contributed by atoms with Gasteiger partial charge in [0.1, 0.15) is 17.3 Å². The Morgan fingerprint density at radius 3 is 2.46 bits per heavy atom. The normalized spacial score (nSPS) is 13.9. The standard InChI is InChI=1S/C19H22FN5O3/c1-2-28-19(27)25-9-7-24(8-10-25)18(26)16-12-23-17(13-21-16)22-11-14-5-3-4-6-15(14)20/h3-6,12-13H,2,7-11H2,1H3,(H,22,23). The van der Waals surface area contributed by atoms with Gasteiger partial charge in [-0.25, -0.2) is 19.2 Å². The van der Waals surface area contributed by atoms with Crippen LogP contribution in [0.2, 0.25) is 0 Å². The number of ether oxygens (including phenoxy) is 1. The van der Waals surface area contributed by atoms with Gasteiger partial charge < -0.3 is 19.9 Å². The van der Waals surface area contributed by atoms with E-state index in [2.05, 4.69) is 15.3 Å². The minimum atomic E-state index is -0.361. The van der Waals surface area contributed by atoms with Crippen LogP contribution >= 0.6 is 0 Å². The predicted molar refractivity (Wildman–Crippen MR) is 100 cm³/mol. The Bertz CT molecular complexity index is 823. The van der Waals surface area contributed by atoms with Crippen molar-refractivity contribution in [3.05, 3.63) is 53.7 Å². The van der Waals surface area contributed by atoms with Gasteiger partial charge in [0, 0.05) is 38.3 Å². The molecule has 0 unspecified atom stereocenters. The molecule has 2 aromatic rings. The van der Waals surface area contributed by atoms with Crippen LogP contribution < -0.4 is 5.32 Å². The molecule has 28 heavy (non-hydrogen) atoms. The van der Waals surface area contributed by atoms with Gasteiger partial charge in [-0.3, -0.25) is 4.79 Å². The Morgan fingerprint density at radius 2 is 1.82 bits per heavy atom. The summed E-state index contributed by atoms with van der Waals surface area (Å²) in [6, 6.07) is 6.47. The lowest BCUT2D eigenvalue weighted by molar-refractivity contribution is 0.0565. The van der Waals surface area contributed by atoms with Crippen molar-refractivity contribution in [1.82, 2.24) is 19.8 Å². The molecule has 1 N–H and O–H groups in total. The maximum atomic E-state index is 13.6. The lowest BCUT2D eigenvalue weighted by Crippen LogP contribution is -2.50. The minimum Gasteiger partial charge on any atom is -0.450 e. The zero-order valence-electron chi connectivity index (χ0n) is 15.6. The number of aromatic nitrogens is 2.